The third kappa shape index (κ3) is 2.54. The van der Waals surface area contributed by atoms with Gasteiger partial charge in [-0.25, -0.2) is 4.98 Å². The number of nitrogens with zero attached hydrogens (tertiary/aromatic N) is 1. The van der Waals surface area contributed by atoms with E-state index in [0.29, 0.717) is 5.52 Å². The molecule has 0 bridgehead atoms. The van der Waals surface area contributed by atoms with Crippen LogP contribution in [0.1, 0.15) is 16.8 Å². The molecule has 0 saturated heterocycles. The molecule has 0 spiro atoms. The number of fused-ring (bicyclic) bond motifs is 1. The molecule has 1 N–H and O–H groups in total. The quantitative estimate of drug-likeness (QED) is 0.740. The number of aromatic hydroxyl groups is 1. The topological polar surface area (TPSA) is 33.1 Å². The molecule has 3 aromatic rings. The Kier molecular flexibility index (Phi) is 3.21. The van der Waals surface area contributed by atoms with Gasteiger partial charge in [0.25, 0.3) is 0 Å². The monoisotopic (exact) mass is 261 g/mol. The van der Waals surface area contributed by atoms with E-state index < -0.39 is 0 Å². The lowest BCUT2D eigenvalue weighted by Gasteiger charge is -2.01. The molecular formula is C18H15NO. The Balaban J connectivity index is 1.94. The molecule has 0 atom stereocenters. The second-order valence-corrected chi connectivity index (χ2v) is 4.83. The van der Waals surface area contributed by atoms with Crippen LogP contribution in [-0.2, 0) is 0 Å². The summed E-state index contributed by atoms with van der Waals surface area (Å²) in [5.74, 6) is 0.216. The van der Waals surface area contributed by atoms with Crippen molar-refractivity contribution in [3.05, 3.63) is 71.4 Å². The molecule has 0 aliphatic carbocycles. The van der Waals surface area contributed by atoms with Crippen LogP contribution in [0.3, 0.4) is 0 Å². The summed E-state index contributed by atoms with van der Waals surface area (Å²) in [5.41, 5.74) is 3.85. The van der Waals surface area contributed by atoms with Crippen LogP contribution in [0, 0.1) is 6.92 Å². The summed E-state index contributed by atoms with van der Waals surface area (Å²) in [6.45, 7) is 2.07. The van der Waals surface area contributed by atoms with Crippen molar-refractivity contribution in [2.75, 3.05) is 0 Å². The van der Waals surface area contributed by atoms with Gasteiger partial charge in [0.1, 0.15) is 11.3 Å². The minimum absolute atomic E-state index is 0.216. The lowest BCUT2D eigenvalue weighted by molar-refractivity contribution is 0.480. The molecule has 1 aromatic heterocycles. The maximum atomic E-state index is 9.82. The largest absolute Gasteiger partial charge is 0.506 e. The maximum Gasteiger partial charge on any atom is 0.141 e. The first kappa shape index (κ1) is 12.4. The summed E-state index contributed by atoms with van der Waals surface area (Å²) in [4.78, 5) is 4.47. The van der Waals surface area contributed by atoms with Crippen LogP contribution in [-0.4, -0.2) is 10.1 Å². The molecule has 2 heteroatoms. The standard InChI is InChI=1S/C18H15NO/c1-13-5-7-14(8-6-13)9-11-16-12-10-15-3-2-4-17(20)18(15)19-16/h2-12,20H,1H3. The van der Waals surface area contributed by atoms with Crippen LogP contribution in [0.15, 0.2) is 54.6 Å². The fourth-order valence-electron chi connectivity index (χ4n) is 2.10. The Morgan fingerprint density at radius 2 is 1.70 bits per heavy atom. The van der Waals surface area contributed by atoms with E-state index in [1.165, 1.54) is 5.56 Å². The van der Waals surface area contributed by atoms with Crippen LogP contribution < -0.4 is 0 Å². The fraction of sp³-hybridized carbons (Fsp3) is 0.0556. The summed E-state index contributed by atoms with van der Waals surface area (Å²) in [7, 11) is 0. The van der Waals surface area contributed by atoms with Gasteiger partial charge in [0.05, 0.1) is 5.69 Å². The van der Waals surface area contributed by atoms with Crippen molar-refractivity contribution in [3.8, 4) is 5.75 Å². The van der Waals surface area contributed by atoms with E-state index in [1.54, 1.807) is 6.07 Å². The number of phenols is 1. The van der Waals surface area contributed by atoms with Crippen molar-refractivity contribution < 1.29 is 5.11 Å². The van der Waals surface area contributed by atoms with E-state index in [2.05, 4.69) is 36.2 Å². The highest BCUT2D eigenvalue weighted by atomic mass is 16.3. The number of phenolic OH excluding ortho intramolecular Hbond substituents is 1. The Labute approximate surface area is 118 Å². The SMILES string of the molecule is Cc1ccc(C=Cc2ccc3cccc(O)c3n2)cc1. The third-order valence-electron chi connectivity index (χ3n) is 3.24. The summed E-state index contributed by atoms with van der Waals surface area (Å²) < 4.78 is 0. The number of hydrogen-bond donors (Lipinski definition) is 1. The molecule has 3 rings (SSSR count). The van der Waals surface area contributed by atoms with Crippen molar-refractivity contribution in [2.45, 2.75) is 6.92 Å². The predicted molar refractivity (Wildman–Crippen MR) is 83.5 cm³/mol. The molecule has 98 valence electrons. The average Bonchev–Trinajstić information content (AvgIpc) is 2.47. The summed E-state index contributed by atoms with van der Waals surface area (Å²) in [6.07, 6.45) is 3.98. The fourth-order valence-corrected chi connectivity index (χ4v) is 2.10. The zero-order valence-corrected chi connectivity index (χ0v) is 11.2. The third-order valence-corrected chi connectivity index (χ3v) is 3.24. The number of benzene rings is 2. The smallest absolute Gasteiger partial charge is 0.141 e. The van der Waals surface area contributed by atoms with E-state index in [4.69, 9.17) is 0 Å². The Morgan fingerprint density at radius 1 is 0.900 bits per heavy atom. The minimum atomic E-state index is 0.216. The zero-order chi connectivity index (χ0) is 13.9. The Bertz CT molecular complexity index is 773. The number of para-hydroxylation sites is 1. The maximum absolute atomic E-state index is 9.82. The van der Waals surface area contributed by atoms with E-state index in [-0.39, 0.29) is 5.75 Å². The van der Waals surface area contributed by atoms with Gasteiger partial charge in [-0.3, -0.25) is 0 Å². The van der Waals surface area contributed by atoms with Crippen molar-refractivity contribution in [3.63, 3.8) is 0 Å². The van der Waals surface area contributed by atoms with E-state index in [0.717, 1.165) is 16.6 Å². The Hall–Kier alpha value is -2.61. The highest BCUT2D eigenvalue weighted by molar-refractivity contribution is 5.85. The summed E-state index contributed by atoms with van der Waals surface area (Å²) in [6, 6.07) is 17.6. The van der Waals surface area contributed by atoms with Crippen molar-refractivity contribution >= 4 is 23.1 Å². The van der Waals surface area contributed by atoms with Gasteiger partial charge < -0.3 is 5.11 Å². The molecule has 2 aromatic carbocycles. The van der Waals surface area contributed by atoms with E-state index in [9.17, 15) is 5.11 Å². The Morgan fingerprint density at radius 3 is 2.50 bits per heavy atom. The van der Waals surface area contributed by atoms with E-state index >= 15 is 0 Å². The van der Waals surface area contributed by atoms with Crippen LogP contribution in [0.5, 0.6) is 5.75 Å². The molecule has 0 unspecified atom stereocenters. The molecule has 0 radical (unpaired) electrons. The van der Waals surface area contributed by atoms with Gasteiger partial charge >= 0.3 is 0 Å². The number of pyridine rings is 1. The first-order valence-electron chi connectivity index (χ1n) is 6.56. The van der Waals surface area contributed by atoms with Crippen LogP contribution in [0.25, 0.3) is 23.1 Å². The molecule has 0 aliphatic heterocycles. The average molecular weight is 261 g/mol. The normalized spacial score (nSPS) is 11.2. The van der Waals surface area contributed by atoms with E-state index in [1.807, 2.05) is 36.4 Å². The molecule has 20 heavy (non-hydrogen) atoms. The number of rotatable bonds is 2. The molecule has 1 heterocycles. The highest BCUT2D eigenvalue weighted by Crippen LogP contribution is 2.22. The lowest BCUT2D eigenvalue weighted by atomic mass is 10.1. The van der Waals surface area contributed by atoms with Crippen molar-refractivity contribution in [1.82, 2.24) is 4.98 Å². The van der Waals surface area contributed by atoms with Crippen LogP contribution in [0.2, 0.25) is 0 Å². The first-order valence-corrected chi connectivity index (χ1v) is 6.56. The van der Waals surface area contributed by atoms with Gasteiger partial charge in [0.15, 0.2) is 0 Å². The van der Waals surface area contributed by atoms with Gasteiger partial charge in [-0.05, 0) is 30.7 Å². The molecular weight excluding hydrogens is 246 g/mol. The minimum Gasteiger partial charge on any atom is -0.506 e. The van der Waals surface area contributed by atoms with Crippen LogP contribution >= 0.6 is 0 Å². The van der Waals surface area contributed by atoms with Gasteiger partial charge in [-0.15, -0.1) is 0 Å². The molecule has 0 fully saturated rings. The summed E-state index contributed by atoms with van der Waals surface area (Å²) >= 11 is 0. The number of aryl methyl sites for hydroxylation is 1. The lowest BCUT2D eigenvalue weighted by Crippen LogP contribution is -1.83. The van der Waals surface area contributed by atoms with Crippen molar-refractivity contribution in [2.24, 2.45) is 0 Å². The van der Waals surface area contributed by atoms with Gasteiger partial charge in [-0.1, -0.05) is 54.1 Å². The zero-order valence-electron chi connectivity index (χ0n) is 11.2. The number of hydrogen-bond acceptors (Lipinski definition) is 2. The molecule has 0 saturated carbocycles. The number of aromatic nitrogens is 1. The second-order valence-electron chi connectivity index (χ2n) is 4.83. The van der Waals surface area contributed by atoms with Gasteiger partial charge in [0, 0.05) is 5.39 Å². The first-order chi connectivity index (χ1) is 9.72. The highest BCUT2D eigenvalue weighted by Gasteiger charge is 2.00. The van der Waals surface area contributed by atoms with Crippen molar-refractivity contribution in [1.29, 1.82) is 0 Å². The van der Waals surface area contributed by atoms with Gasteiger partial charge in [0.2, 0.25) is 0 Å². The molecule has 0 aliphatic rings. The van der Waals surface area contributed by atoms with Gasteiger partial charge in [-0.2, -0.15) is 0 Å². The molecule has 0 amide bonds. The summed E-state index contributed by atoms with van der Waals surface area (Å²) in [5, 5.41) is 10.8. The van der Waals surface area contributed by atoms with Crippen LogP contribution in [0.4, 0.5) is 0 Å². The second kappa shape index (κ2) is 5.17. The predicted octanol–water partition coefficient (Wildman–Crippen LogP) is 4.42. The molecule has 2 nitrogen and oxygen atoms in total.